The van der Waals surface area contributed by atoms with E-state index in [9.17, 15) is 9.59 Å². The summed E-state index contributed by atoms with van der Waals surface area (Å²) in [4.78, 5) is 24.0. The van der Waals surface area contributed by atoms with Crippen LogP contribution in [0, 0.1) is 0 Å². The summed E-state index contributed by atoms with van der Waals surface area (Å²) in [7, 11) is 0. The summed E-state index contributed by atoms with van der Waals surface area (Å²) in [6, 6.07) is 0. The number of ketones is 1. The van der Waals surface area contributed by atoms with E-state index in [1.54, 1.807) is 11.0 Å². The molecule has 2 aliphatic rings. The second-order valence-corrected chi connectivity index (χ2v) is 3.29. The van der Waals surface area contributed by atoms with Crippen LogP contribution in [0.15, 0.2) is 11.8 Å². The molecule has 0 atom stereocenters. The van der Waals surface area contributed by atoms with E-state index in [0.29, 0.717) is 6.42 Å². The number of carbonyl (C=O) groups is 2. The Balaban J connectivity index is 2.25. The fourth-order valence-electron chi connectivity index (χ4n) is 1.74. The molecular formula is C9H11NO2. The van der Waals surface area contributed by atoms with Gasteiger partial charge in [0.25, 0.3) is 0 Å². The molecule has 0 spiro atoms. The zero-order valence-electron chi connectivity index (χ0n) is 6.88. The van der Waals surface area contributed by atoms with Crippen molar-refractivity contribution in [1.29, 1.82) is 0 Å². The first-order chi connectivity index (χ1) is 5.77. The monoisotopic (exact) mass is 165 g/mol. The highest BCUT2D eigenvalue weighted by molar-refractivity contribution is 5.99. The minimum absolute atomic E-state index is 0.0697. The molecule has 12 heavy (non-hydrogen) atoms. The van der Waals surface area contributed by atoms with E-state index in [0.717, 1.165) is 25.0 Å². The molecule has 1 saturated heterocycles. The average molecular weight is 165 g/mol. The van der Waals surface area contributed by atoms with Crippen molar-refractivity contribution < 1.29 is 9.59 Å². The molecule has 0 radical (unpaired) electrons. The van der Waals surface area contributed by atoms with E-state index < -0.39 is 0 Å². The smallest absolute Gasteiger partial charge is 0.227 e. The van der Waals surface area contributed by atoms with Gasteiger partial charge in [-0.3, -0.25) is 9.59 Å². The normalized spacial score (nSPS) is 23.7. The summed E-state index contributed by atoms with van der Waals surface area (Å²) < 4.78 is 0. The van der Waals surface area contributed by atoms with Crippen LogP contribution in [0.25, 0.3) is 0 Å². The van der Waals surface area contributed by atoms with Gasteiger partial charge in [0.2, 0.25) is 5.91 Å². The highest BCUT2D eigenvalue weighted by atomic mass is 16.2. The molecule has 64 valence electrons. The Bertz CT molecular complexity index is 268. The maximum Gasteiger partial charge on any atom is 0.227 e. The Morgan fingerprint density at radius 1 is 1.17 bits per heavy atom. The van der Waals surface area contributed by atoms with E-state index in [2.05, 4.69) is 0 Å². The minimum atomic E-state index is 0.0697. The Morgan fingerprint density at radius 2 is 1.92 bits per heavy atom. The molecule has 0 aromatic heterocycles. The zero-order chi connectivity index (χ0) is 8.55. The molecule has 1 amide bonds. The third-order valence-electron chi connectivity index (χ3n) is 2.36. The van der Waals surface area contributed by atoms with Crippen LogP contribution in [0.3, 0.4) is 0 Å². The van der Waals surface area contributed by atoms with Crippen LogP contribution in [-0.4, -0.2) is 23.1 Å². The highest BCUT2D eigenvalue weighted by Gasteiger charge is 2.27. The third kappa shape index (κ3) is 1.15. The van der Waals surface area contributed by atoms with Gasteiger partial charge in [0, 0.05) is 18.2 Å². The van der Waals surface area contributed by atoms with Crippen LogP contribution in [0.4, 0.5) is 0 Å². The summed E-state index contributed by atoms with van der Waals surface area (Å²) in [5.41, 5.74) is 0.933. The molecule has 0 aliphatic carbocycles. The van der Waals surface area contributed by atoms with Crippen molar-refractivity contribution in [2.45, 2.75) is 25.7 Å². The lowest BCUT2D eigenvalue weighted by Crippen LogP contribution is -2.27. The van der Waals surface area contributed by atoms with Crippen LogP contribution in [0.1, 0.15) is 25.7 Å². The molecule has 1 fully saturated rings. The quantitative estimate of drug-likeness (QED) is 0.533. The lowest BCUT2D eigenvalue weighted by molar-refractivity contribution is -0.130. The van der Waals surface area contributed by atoms with Crippen molar-refractivity contribution in [3.63, 3.8) is 0 Å². The first kappa shape index (κ1) is 7.53. The molecule has 0 aromatic rings. The van der Waals surface area contributed by atoms with Gasteiger partial charge < -0.3 is 4.90 Å². The molecule has 0 bridgehead atoms. The van der Waals surface area contributed by atoms with E-state index in [4.69, 9.17) is 0 Å². The molecule has 0 saturated carbocycles. The van der Waals surface area contributed by atoms with Gasteiger partial charge in [-0.05, 0) is 19.3 Å². The fraction of sp³-hybridized carbons (Fsp3) is 0.556. The van der Waals surface area contributed by atoms with Crippen molar-refractivity contribution in [3.05, 3.63) is 11.8 Å². The minimum Gasteiger partial charge on any atom is -0.308 e. The number of fused-ring (bicyclic) bond motifs is 1. The van der Waals surface area contributed by atoms with Crippen LogP contribution >= 0.6 is 0 Å². The molecule has 0 aromatic carbocycles. The largest absolute Gasteiger partial charge is 0.308 e. The Kier molecular flexibility index (Phi) is 1.71. The second kappa shape index (κ2) is 2.73. The van der Waals surface area contributed by atoms with E-state index in [1.165, 1.54) is 0 Å². The van der Waals surface area contributed by atoms with Gasteiger partial charge >= 0.3 is 0 Å². The molecule has 2 aliphatic heterocycles. The van der Waals surface area contributed by atoms with Crippen molar-refractivity contribution >= 4 is 11.7 Å². The highest BCUT2D eigenvalue weighted by Crippen LogP contribution is 2.24. The van der Waals surface area contributed by atoms with Crippen molar-refractivity contribution in [1.82, 2.24) is 4.90 Å². The SMILES string of the molecule is O=C1C=C2CCCCC(=O)N2C1. The van der Waals surface area contributed by atoms with E-state index in [1.807, 2.05) is 0 Å². The van der Waals surface area contributed by atoms with Crippen LogP contribution in [0.5, 0.6) is 0 Å². The second-order valence-electron chi connectivity index (χ2n) is 3.29. The molecule has 0 N–H and O–H groups in total. The summed E-state index contributed by atoms with van der Waals surface area (Å²) in [6.45, 7) is 0.286. The maximum absolute atomic E-state index is 11.4. The van der Waals surface area contributed by atoms with E-state index in [-0.39, 0.29) is 18.2 Å². The lowest BCUT2D eigenvalue weighted by Gasteiger charge is -2.15. The van der Waals surface area contributed by atoms with Crippen LogP contribution < -0.4 is 0 Å². The van der Waals surface area contributed by atoms with Crippen molar-refractivity contribution in [2.75, 3.05) is 6.54 Å². The van der Waals surface area contributed by atoms with Gasteiger partial charge in [0.15, 0.2) is 5.78 Å². The summed E-state index contributed by atoms with van der Waals surface area (Å²) in [5, 5.41) is 0. The Morgan fingerprint density at radius 3 is 2.75 bits per heavy atom. The van der Waals surface area contributed by atoms with Gasteiger partial charge in [-0.25, -0.2) is 0 Å². The third-order valence-corrected chi connectivity index (χ3v) is 2.36. The average Bonchev–Trinajstić information content (AvgIpc) is 2.33. The van der Waals surface area contributed by atoms with Gasteiger partial charge in [0.1, 0.15) is 0 Å². The topological polar surface area (TPSA) is 37.4 Å². The molecule has 2 heterocycles. The van der Waals surface area contributed by atoms with Gasteiger partial charge in [-0.15, -0.1) is 0 Å². The Labute approximate surface area is 71.0 Å². The summed E-state index contributed by atoms with van der Waals surface area (Å²) in [6.07, 6.45) is 5.09. The number of carbonyl (C=O) groups excluding carboxylic acids is 2. The number of hydrogen-bond acceptors (Lipinski definition) is 2. The van der Waals surface area contributed by atoms with Crippen LogP contribution in [0.2, 0.25) is 0 Å². The number of nitrogens with zero attached hydrogens (tertiary/aromatic N) is 1. The molecule has 3 nitrogen and oxygen atoms in total. The Hall–Kier alpha value is -1.12. The van der Waals surface area contributed by atoms with Crippen LogP contribution in [-0.2, 0) is 9.59 Å². The summed E-state index contributed by atoms with van der Waals surface area (Å²) in [5.74, 6) is 0.185. The molecule has 2 rings (SSSR count). The molecule has 3 heteroatoms. The lowest BCUT2D eigenvalue weighted by atomic mass is 10.2. The fourth-order valence-corrected chi connectivity index (χ4v) is 1.74. The summed E-state index contributed by atoms with van der Waals surface area (Å²) >= 11 is 0. The standard InChI is InChI=1S/C9H11NO2/c11-8-5-7-3-1-2-4-9(12)10(7)6-8/h5H,1-4,6H2. The first-order valence-electron chi connectivity index (χ1n) is 4.31. The first-order valence-corrected chi connectivity index (χ1v) is 4.31. The molecular weight excluding hydrogens is 154 g/mol. The van der Waals surface area contributed by atoms with Crippen molar-refractivity contribution in [3.8, 4) is 0 Å². The van der Waals surface area contributed by atoms with Gasteiger partial charge in [-0.1, -0.05) is 0 Å². The molecule has 0 unspecified atom stereocenters. The number of hydrogen-bond donors (Lipinski definition) is 0. The predicted molar refractivity (Wildman–Crippen MR) is 43.3 cm³/mol. The van der Waals surface area contributed by atoms with Gasteiger partial charge in [0.05, 0.1) is 6.54 Å². The predicted octanol–water partition coefficient (Wildman–Crippen LogP) is 0.856. The number of amides is 1. The van der Waals surface area contributed by atoms with Gasteiger partial charge in [-0.2, -0.15) is 0 Å². The zero-order valence-corrected chi connectivity index (χ0v) is 6.88. The van der Waals surface area contributed by atoms with Crippen molar-refractivity contribution in [2.24, 2.45) is 0 Å². The van der Waals surface area contributed by atoms with E-state index >= 15 is 0 Å². The number of allylic oxidation sites excluding steroid dienone is 1. The maximum atomic E-state index is 11.4. The number of rotatable bonds is 0.